The molecule has 2 amide bonds. The van der Waals surface area contributed by atoms with E-state index >= 15 is 0 Å². The minimum atomic E-state index is -0.0422. The van der Waals surface area contributed by atoms with Gasteiger partial charge in [-0.15, -0.1) is 0 Å². The number of ether oxygens (including phenoxy) is 1. The van der Waals surface area contributed by atoms with Gasteiger partial charge in [-0.1, -0.05) is 11.6 Å². The summed E-state index contributed by atoms with van der Waals surface area (Å²) in [6, 6.07) is 7.10. The van der Waals surface area contributed by atoms with Crippen molar-refractivity contribution in [3.05, 3.63) is 29.3 Å². The normalized spacial score (nSPS) is 20.0. The van der Waals surface area contributed by atoms with Gasteiger partial charge in [0.1, 0.15) is 0 Å². The van der Waals surface area contributed by atoms with Crippen LogP contribution in [0.15, 0.2) is 24.3 Å². The maximum Gasteiger partial charge on any atom is 0.227 e. The molecule has 0 atom stereocenters. The van der Waals surface area contributed by atoms with E-state index in [1.54, 1.807) is 24.3 Å². The van der Waals surface area contributed by atoms with E-state index in [4.69, 9.17) is 16.3 Å². The zero-order valence-electron chi connectivity index (χ0n) is 13.7. The van der Waals surface area contributed by atoms with E-state index in [0.717, 1.165) is 18.5 Å². The minimum Gasteiger partial charge on any atom is -0.381 e. The highest BCUT2D eigenvalue weighted by Crippen LogP contribution is 2.24. The molecule has 1 aromatic rings. The molecule has 0 aromatic heterocycles. The largest absolute Gasteiger partial charge is 0.381 e. The fourth-order valence-electron chi connectivity index (χ4n) is 3.34. The van der Waals surface area contributed by atoms with Crippen LogP contribution in [0.25, 0.3) is 0 Å². The third-order valence-corrected chi connectivity index (χ3v) is 5.11. The molecule has 130 valence electrons. The second kappa shape index (κ2) is 7.99. The number of anilines is 1. The smallest absolute Gasteiger partial charge is 0.227 e. The molecular weight excluding hydrogens is 328 g/mol. The summed E-state index contributed by atoms with van der Waals surface area (Å²) in [4.78, 5) is 26.8. The Kier molecular flexibility index (Phi) is 5.74. The van der Waals surface area contributed by atoms with Gasteiger partial charge in [-0.25, -0.2) is 0 Å². The van der Waals surface area contributed by atoms with Crippen LogP contribution in [0.5, 0.6) is 0 Å². The number of hydrogen-bond acceptors (Lipinski definition) is 3. The third kappa shape index (κ3) is 4.28. The third-order valence-electron chi connectivity index (χ3n) is 4.86. The molecule has 1 N–H and O–H groups in total. The molecule has 2 aliphatic rings. The fourth-order valence-corrected chi connectivity index (χ4v) is 3.47. The van der Waals surface area contributed by atoms with E-state index in [0.29, 0.717) is 44.2 Å². The summed E-state index contributed by atoms with van der Waals surface area (Å²) in [5.74, 6) is 0.308. The number of piperidine rings is 1. The van der Waals surface area contributed by atoms with Crippen LogP contribution < -0.4 is 5.32 Å². The first-order chi connectivity index (χ1) is 11.6. The van der Waals surface area contributed by atoms with Crippen LogP contribution in [-0.4, -0.2) is 43.0 Å². The monoisotopic (exact) mass is 350 g/mol. The molecule has 6 heteroatoms. The number of carbonyl (C=O) groups is 2. The Morgan fingerprint density at radius 3 is 2.25 bits per heavy atom. The van der Waals surface area contributed by atoms with Gasteiger partial charge >= 0.3 is 0 Å². The fraction of sp³-hybridized carbons (Fsp3) is 0.556. The van der Waals surface area contributed by atoms with Crippen LogP contribution in [0.4, 0.5) is 5.69 Å². The summed E-state index contributed by atoms with van der Waals surface area (Å²) in [5, 5.41) is 3.57. The van der Waals surface area contributed by atoms with Gasteiger partial charge in [0, 0.05) is 48.8 Å². The van der Waals surface area contributed by atoms with Gasteiger partial charge < -0.3 is 15.0 Å². The number of halogens is 1. The van der Waals surface area contributed by atoms with Gasteiger partial charge in [-0.2, -0.15) is 0 Å². The number of rotatable bonds is 3. The molecule has 0 bridgehead atoms. The van der Waals surface area contributed by atoms with Crippen molar-refractivity contribution >= 4 is 29.1 Å². The summed E-state index contributed by atoms with van der Waals surface area (Å²) >= 11 is 5.85. The Morgan fingerprint density at radius 1 is 1.00 bits per heavy atom. The Balaban J connectivity index is 1.48. The topological polar surface area (TPSA) is 58.6 Å². The number of likely N-dealkylation sites (tertiary alicyclic amines) is 1. The molecule has 1 aromatic carbocycles. The van der Waals surface area contributed by atoms with E-state index < -0.39 is 0 Å². The number of nitrogens with one attached hydrogen (secondary N) is 1. The van der Waals surface area contributed by atoms with Gasteiger partial charge in [-0.3, -0.25) is 9.59 Å². The summed E-state index contributed by atoms with van der Waals surface area (Å²) in [7, 11) is 0. The first-order valence-electron chi connectivity index (χ1n) is 8.56. The molecule has 2 heterocycles. The van der Waals surface area contributed by atoms with Gasteiger partial charge in [0.15, 0.2) is 0 Å². The van der Waals surface area contributed by atoms with Gasteiger partial charge in [-0.05, 0) is 49.9 Å². The highest BCUT2D eigenvalue weighted by Gasteiger charge is 2.31. The van der Waals surface area contributed by atoms with Crippen molar-refractivity contribution < 1.29 is 14.3 Å². The Labute approximate surface area is 147 Å². The molecule has 0 spiro atoms. The second-order valence-corrected chi connectivity index (χ2v) is 6.92. The van der Waals surface area contributed by atoms with E-state index in [1.165, 1.54) is 0 Å². The maximum absolute atomic E-state index is 12.5. The predicted molar refractivity (Wildman–Crippen MR) is 92.9 cm³/mol. The Hall–Kier alpha value is -1.59. The molecule has 24 heavy (non-hydrogen) atoms. The standard InChI is InChI=1S/C18H23ClN2O3/c19-15-1-3-16(4-2-15)20-17(22)13-5-9-21(10-6-13)18(23)14-7-11-24-12-8-14/h1-4,13-14H,5-12H2,(H,20,22). The summed E-state index contributed by atoms with van der Waals surface area (Å²) in [5.41, 5.74) is 0.755. The van der Waals surface area contributed by atoms with E-state index in [1.807, 2.05) is 4.90 Å². The molecule has 0 radical (unpaired) electrons. The van der Waals surface area contributed by atoms with Crippen LogP contribution in [0, 0.1) is 11.8 Å². The van der Waals surface area contributed by atoms with E-state index in [2.05, 4.69) is 5.32 Å². The molecule has 3 rings (SSSR count). The lowest BCUT2D eigenvalue weighted by molar-refractivity contribution is -0.141. The highest BCUT2D eigenvalue weighted by atomic mass is 35.5. The summed E-state index contributed by atoms with van der Waals surface area (Å²) in [6.45, 7) is 2.68. The molecule has 0 unspecified atom stereocenters. The van der Waals surface area contributed by atoms with Crippen molar-refractivity contribution in [1.29, 1.82) is 0 Å². The highest BCUT2D eigenvalue weighted by molar-refractivity contribution is 6.30. The van der Waals surface area contributed by atoms with Crippen molar-refractivity contribution in [3.63, 3.8) is 0 Å². The second-order valence-electron chi connectivity index (χ2n) is 6.48. The van der Waals surface area contributed by atoms with E-state index in [-0.39, 0.29) is 23.7 Å². The lowest BCUT2D eigenvalue weighted by Gasteiger charge is -2.34. The van der Waals surface area contributed by atoms with Gasteiger partial charge in [0.25, 0.3) is 0 Å². The zero-order chi connectivity index (χ0) is 16.9. The number of carbonyl (C=O) groups excluding carboxylic acids is 2. The lowest BCUT2D eigenvalue weighted by atomic mass is 9.93. The van der Waals surface area contributed by atoms with Crippen LogP contribution in [0.3, 0.4) is 0 Å². The Bertz CT molecular complexity index is 576. The number of amides is 2. The molecule has 5 nitrogen and oxygen atoms in total. The molecule has 2 aliphatic heterocycles. The number of hydrogen-bond donors (Lipinski definition) is 1. The molecule has 2 saturated heterocycles. The number of nitrogens with zero attached hydrogens (tertiary/aromatic N) is 1. The minimum absolute atomic E-state index is 0.0236. The molecule has 0 saturated carbocycles. The van der Waals surface area contributed by atoms with Crippen LogP contribution in [-0.2, 0) is 14.3 Å². The lowest BCUT2D eigenvalue weighted by Crippen LogP contribution is -2.45. The maximum atomic E-state index is 12.5. The van der Waals surface area contributed by atoms with Crippen LogP contribution in [0.2, 0.25) is 5.02 Å². The molecule has 0 aliphatic carbocycles. The SMILES string of the molecule is O=C(Nc1ccc(Cl)cc1)C1CCN(C(=O)C2CCOCC2)CC1. The van der Waals surface area contributed by atoms with Crippen molar-refractivity contribution in [2.75, 3.05) is 31.6 Å². The Morgan fingerprint density at radius 2 is 1.62 bits per heavy atom. The summed E-state index contributed by atoms with van der Waals surface area (Å²) in [6.07, 6.45) is 3.06. The average molecular weight is 351 g/mol. The number of benzene rings is 1. The molecular formula is C18H23ClN2O3. The van der Waals surface area contributed by atoms with Crippen LogP contribution >= 0.6 is 11.6 Å². The molecule has 2 fully saturated rings. The predicted octanol–water partition coefficient (Wildman–Crippen LogP) is 2.94. The van der Waals surface area contributed by atoms with Crippen molar-refractivity contribution in [3.8, 4) is 0 Å². The van der Waals surface area contributed by atoms with Crippen LogP contribution in [0.1, 0.15) is 25.7 Å². The van der Waals surface area contributed by atoms with E-state index in [9.17, 15) is 9.59 Å². The quantitative estimate of drug-likeness (QED) is 0.911. The first-order valence-corrected chi connectivity index (χ1v) is 8.94. The summed E-state index contributed by atoms with van der Waals surface area (Å²) < 4.78 is 5.32. The van der Waals surface area contributed by atoms with Gasteiger partial charge in [0.2, 0.25) is 11.8 Å². The van der Waals surface area contributed by atoms with Crippen molar-refractivity contribution in [2.24, 2.45) is 11.8 Å². The average Bonchev–Trinajstić information content (AvgIpc) is 2.64. The van der Waals surface area contributed by atoms with Crippen molar-refractivity contribution in [1.82, 2.24) is 4.90 Å². The van der Waals surface area contributed by atoms with Crippen molar-refractivity contribution in [2.45, 2.75) is 25.7 Å². The van der Waals surface area contributed by atoms with Gasteiger partial charge in [0.05, 0.1) is 0 Å². The zero-order valence-corrected chi connectivity index (χ0v) is 14.4. The first kappa shape index (κ1) is 17.2.